The van der Waals surface area contributed by atoms with Crippen LogP contribution in [0.1, 0.15) is 34.5 Å². The zero-order chi connectivity index (χ0) is 13.3. The predicted molar refractivity (Wildman–Crippen MR) is 66.1 cm³/mol. The SMILES string of the molecule is CCc1c(OC)cc2c(c1OC)C(=O)O[C@@H]2CN. The zero-order valence-corrected chi connectivity index (χ0v) is 10.8. The van der Waals surface area contributed by atoms with Crippen molar-refractivity contribution in [2.75, 3.05) is 20.8 Å². The number of fused-ring (bicyclic) bond motifs is 1. The molecule has 0 fully saturated rings. The van der Waals surface area contributed by atoms with Crippen LogP contribution in [0.5, 0.6) is 11.5 Å². The van der Waals surface area contributed by atoms with Crippen LogP contribution < -0.4 is 15.2 Å². The highest BCUT2D eigenvalue weighted by molar-refractivity contribution is 5.98. The van der Waals surface area contributed by atoms with Crippen molar-refractivity contribution in [1.82, 2.24) is 0 Å². The maximum atomic E-state index is 11.9. The number of carbonyl (C=O) groups excluding carboxylic acids is 1. The molecule has 0 aromatic heterocycles. The van der Waals surface area contributed by atoms with Crippen LogP contribution in [0.4, 0.5) is 0 Å². The number of carbonyl (C=O) groups is 1. The van der Waals surface area contributed by atoms with Crippen LogP contribution in [0.2, 0.25) is 0 Å². The quantitative estimate of drug-likeness (QED) is 0.820. The standard InChI is InChI=1S/C13H17NO4/c1-4-7-9(16-2)5-8-10(6-14)18-13(15)11(8)12(7)17-3/h5,10H,4,6,14H2,1-3H3/t10-/m1/s1. The van der Waals surface area contributed by atoms with E-state index >= 15 is 0 Å². The highest BCUT2D eigenvalue weighted by Crippen LogP contribution is 2.42. The van der Waals surface area contributed by atoms with E-state index in [0.29, 0.717) is 23.5 Å². The molecule has 0 unspecified atom stereocenters. The molecule has 0 radical (unpaired) electrons. The van der Waals surface area contributed by atoms with Gasteiger partial charge < -0.3 is 19.9 Å². The summed E-state index contributed by atoms with van der Waals surface area (Å²) < 4.78 is 15.9. The predicted octanol–water partition coefficient (Wildman–Crippen LogP) is 1.44. The van der Waals surface area contributed by atoms with Gasteiger partial charge in [-0.2, -0.15) is 0 Å². The molecule has 5 heteroatoms. The molecule has 0 aliphatic carbocycles. The van der Waals surface area contributed by atoms with E-state index in [2.05, 4.69) is 0 Å². The molecule has 0 saturated heterocycles. The van der Waals surface area contributed by atoms with E-state index < -0.39 is 6.10 Å². The summed E-state index contributed by atoms with van der Waals surface area (Å²) >= 11 is 0. The van der Waals surface area contributed by atoms with Gasteiger partial charge in [-0.3, -0.25) is 0 Å². The molecule has 98 valence electrons. The number of methoxy groups -OCH3 is 2. The second-order valence-corrected chi connectivity index (χ2v) is 4.04. The van der Waals surface area contributed by atoms with Crippen molar-refractivity contribution in [2.45, 2.75) is 19.4 Å². The first-order valence-corrected chi connectivity index (χ1v) is 5.86. The summed E-state index contributed by atoms with van der Waals surface area (Å²) in [5, 5.41) is 0. The van der Waals surface area contributed by atoms with E-state index in [1.165, 1.54) is 7.11 Å². The molecule has 1 aromatic carbocycles. The largest absolute Gasteiger partial charge is 0.496 e. The van der Waals surface area contributed by atoms with Crippen LogP contribution in [0, 0.1) is 0 Å². The van der Waals surface area contributed by atoms with Crippen LogP contribution in [0.3, 0.4) is 0 Å². The molecule has 1 aliphatic heterocycles. The minimum atomic E-state index is -0.416. The second-order valence-electron chi connectivity index (χ2n) is 4.04. The first-order chi connectivity index (χ1) is 8.67. The van der Waals surface area contributed by atoms with E-state index in [-0.39, 0.29) is 12.5 Å². The topological polar surface area (TPSA) is 70.8 Å². The van der Waals surface area contributed by atoms with Crippen LogP contribution in [0.15, 0.2) is 6.07 Å². The molecule has 2 rings (SSSR count). The summed E-state index contributed by atoms with van der Waals surface area (Å²) in [6.07, 6.45) is 0.293. The Morgan fingerprint density at radius 2 is 2.11 bits per heavy atom. The van der Waals surface area contributed by atoms with Crippen LogP contribution in [-0.2, 0) is 11.2 Å². The Bertz CT molecular complexity index is 484. The van der Waals surface area contributed by atoms with Crippen molar-refractivity contribution in [2.24, 2.45) is 5.73 Å². The minimum absolute atomic E-state index is 0.247. The van der Waals surface area contributed by atoms with Crippen molar-refractivity contribution in [1.29, 1.82) is 0 Å². The van der Waals surface area contributed by atoms with Gasteiger partial charge in [-0.25, -0.2) is 4.79 Å². The van der Waals surface area contributed by atoms with Gasteiger partial charge in [0.05, 0.1) is 14.2 Å². The minimum Gasteiger partial charge on any atom is -0.496 e. The van der Waals surface area contributed by atoms with Crippen molar-refractivity contribution in [3.63, 3.8) is 0 Å². The van der Waals surface area contributed by atoms with Gasteiger partial charge in [0.25, 0.3) is 0 Å². The molecule has 18 heavy (non-hydrogen) atoms. The van der Waals surface area contributed by atoms with Gasteiger partial charge in [0.2, 0.25) is 0 Å². The number of nitrogens with two attached hydrogens (primary N) is 1. The average Bonchev–Trinajstić information content (AvgIpc) is 2.72. The first-order valence-electron chi connectivity index (χ1n) is 5.86. The number of benzene rings is 1. The smallest absolute Gasteiger partial charge is 0.343 e. The van der Waals surface area contributed by atoms with Crippen molar-refractivity contribution in [3.8, 4) is 11.5 Å². The Kier molecular flexibility index (Phi) is 3.43. The third kappa shape index (κ3) is 1.71. The van der Waals surface area contributed by atoms with Crippen LogP contribution in [0.25, 0.3) is 0 Å². The zero-order valence-electron chi connectivity index (χ0n) is 10.8. The fraction of sp³-hybridized carbons (Fsp3) is 0.462. The first kappa shape index (κ1) is 12.7. The number of hydrogen-bond donors (Lipinski definition) is 1. The maximum Gasteiger partial charge on any atom is 0.343 e. The normalized spacial score (nSPS) is 17.3. The number of rotatable bonds is 4. The van der Waals surface area contributed by atoms with Crippen molar-refractivity contribution >= 4 is 5.97 Å². The maximum absolute atomic E-state index is 11.9. The second kappa shape index (κ2) is 4.86. The van der Waals surface area contributed by atoms with Gasteiger partial charge in [-0.15, -0.1) is 0 Å². The lowest BCUT2D eigenvalue weighted by atomic mass is 9.98. The summed E-state index contributed by atoms with van der Waals surface area (Å²) in [5.41, 5.74) is 7.70. The molecule has 5 nitrogen and oxygen atoms in total. The molecule has 0 bridgehead atoms. The number of esters is 1. The molecule has 1 heterocycles. The molecule has 0 amide bonds. The Hall–Kier alpha value is -1.75. The lowest BCUT2D eigenvalue weighted by Gasteiger charge is -2.15. The number of cyclic esters (lactones) is 1. The highest BCUT2D eigenvalue weighted by atomic mass is 16.6. The van der Waals surface area contributed by atoms with E-state index in [4.69, 9.17) is 19.9 Å². The molecular formula is C13H17NO4. The summed E-state index contributed by atoms with van der Waals surface area (Å²) in [4.78, 5) is 11.9. The van der Waals surface area contributed by atoms with E-state index in [9.17, 15) is 4.79 Å². The third-order valence-corrected chi connectivity index (χ3v) is 3.17. The fourth-order valence-electron chi connectivity index (χ4n) is 2.33. The Morgan fingerprint density at radius 1 is 1.39 bits per heavy atom. The fourth-order valence-corrected chi connectivity index (χ4v) is 2.33. The van der Waals surface area contributed by atoms with Gasteiger partial charge in [0.15, 0.2) is 0 Å². The van der Waals surface area contributed by atoms with Crippen LogP contribution in [-0.4, -0.2) is 26.7 Å². The molecule has 0 spiro atoms. The number of hydrogen-bond acceptors (Lipinski definition) is 5. The molecule has 1 aromatic rings. The molecule has 1 atom stereocenters. The number of ether oxygens (including phenoxy) is 3. The highest BCUT2D eigenvalue weighted by Gasteiger charge is 2.35. The Labute approximate surface area is 106 Å². The lowest BCUT2D eigenvalue weighted by Crippen LogP contribution is -2.12. The molecule has 0 saturated carbocycles. The van der Waals surface area contributed by atoms with Gasteiger partial charge in [0, 0.05) is 17.7 Å². The lowest BCUT2D eigenvalue weighted by molar-refractivity contribution is 0.0401. The third-order valence-electron chi connectivity index (χ3n) is 3.17. The van der Waals surface area contributed by atoms with E-state index in [0.717, 1.165) is 11.1 Å². The average molecular weight is 251 g/mol. The summed E-state index contributed by atoms with van der Waals surface area (Å²) in [7, 11) is 3.13. The summed E-state index contributed by atoms with van der Waals surface area (Å²) in [6.45, 7) is 2.23. The van der Waals surface area contributed by atoms with E-state index in [1.54, 1.807) is 7.11 Å². The van der Waals surface area contributed by atoms with Gasteiger partial charge in [-0.05, 0) is 12.5 Å². The summed E-state index contributed by atoms with van der Waals surface area (Å²) in [6, 6.07) is 1.82. The van der Waals surface area contributed by atoms with E-state index in [1.807, 2.05) is 13.0 Å². The Morgan fingerprint density at radius 3 is 2.61 bits per heavy atom. The van der Waals surface area contributed by atoms with Crippen LogP contribution >= 0.6 is 0 Å². The molecule has 2 N–H and O–H groups in total. The molecule has 1 aliphatic rings. The van der Waals surface area contributed by atoms with Crippen molar-refractivity contribution < 1.29 is 19.0 Å². The molecular weight excluding hydrogens is 234 g/mol. The van der Waals surface area contributed by atoms with Gasteiger partial charge >= 0.3 is 5.97 Å². The van der Waals surface area contributed by atoms with Gasteiger partial charge in [-0.1, -0.05) is 6.92 Å². The monoisotopic (exact) mass is 251 g/mol. The van der Waals surface area contributed by atoms with Crippen molar-refractivity contribution in [3.05, 3.63) is 22.8 Å². The Balaban J connectivity index is 2.70. The summed E-state index contributed by atoms with van der Waals surface area (Å²) in [5.74, 6) is 0.854. The van der Waals surface area contributed by atoms with Gasteiger partial charge in [0.1, 0.15) is 23.2 Å².